The minimum absolute atomic E-state index is 0.107. The summed E-state index contributed by atoms with van der Waals surface area (Å²) < 4.78 is 18.1. The molecule has 2 aromatic carbocycles. The molecule has 0 saturated heterocycles. The van der Waals surface area contributed by atoms with Crippen LogP contribution >= 0.6 is 23.5 Å². The van der Waals surface area contributed by atoms with Crippen molar-refractivity contribution in [3.8, 4) is 0 Å². The molecular weight excluding hydrogens is 373 g/mol. The minimum Gasteiger partial charge on any atom is -0.460 e. The molecule has 2 aromatic rings. The molecule has 0 radical (unpaired) electrons. The first-order valence-electron chi connectivity index (χ1n) is 7.94. The first-order valence-corrected chi connectivity index (χ1v) is 10.2. The Morgan fingerprint density at radius 3 is 2.38 bits per heavy atom. The van der Waals surface area contributed by atoms with Crippen LogP contribution in [0.15, 0.2) is 53.4 Å². The van der Waals surface area contributed by atoms with Gasteiger partial charge in [-0.25, -0.2) is 4.39 Å². The molecule has 1 N–H and O–H groups in total. The van der Waals surface area contributed by atoms with Crippen LogP contribution in [0.2, 0.25) is 0 Å². The van der Waals surface area contributed by atoms with Gasteiger partial charge in [-0.3, -0.25) is 9.59 Å². The van der Waals surface area contributed by atoms with Gasteiger partial charge in [0.25, 0.3) is 0 Å². The van der Waals surface area contributed by atoms with Gasteiger partial charge in [-0.2, -0.15) is 0 Å². The third kappa shape index (κ3) is 6.72. The van der Waals surface area contributed by atoms with Gasteiger partial charge in [-0.15, -0.1) is 23.5 Å². The smallest absolute Gasteiger partial charge is 0.319 e. The van der Waals surface area contributed by atoms with Crippen LogP contribution in [-0.2, 0) is 20.9 Å². The Hall–Kier alpha value is -1.99. The van der Waals surface area contributed by atoms with Gasteiger partial charge in [-0.05, 0) is 55.1 Å². The molecule has 0 saturated carbocycles. The number of amides is 1. The number of hydrogen-bond donors (Lipinski definition) is 1. The van der Waals surface area contributed by atoms with E-state index in [0.717, 1.165) is 10.5 Å². The summed E-state index contributed by atoms with van der Waals surface area (Å²) in [5.41, 5.74) is 1.43. The SMILES string of the molecule is CSc1ccc(COC(=O)C(C)SCC(=O)Nc2ccc(F)cc2)cc1. The van der Waals surface area contributed by atoms with E-state index >= 15 is 0 Å². The van der Waals surface area contributed by atoms with Crippen LogP contribution in [0.4, 0.5) is 10.1 Å². The molecular formula is C19H20FNO3S2. The maximum atomic E-state index is 12.8. The lowest BCUT2D eigenvalue weighted by Crippen LogP contribution is -2.21. The third-order valence-electron chi connectivity index (χ3n) is 3.46. The molecule has 4 nitrogen and oxygen atoms in total. The average molecular weight is 394 g/mol. The summed E-state index contributed by atoms with van der Waals surface area (Å²) in [5.74, 6) is -0.875. The van der Waals surface area contributed by atoms with Crippen molar-refractivity contribution in [3.63, 3.8) is 0 Å². The van der Waals surface area contributed by atoms with Gasteiger partial charge in [0, 0.05) is 10.6 Å². The summed E-state index contributed by atoms with van der Waals surface area (Å²) in [6.07, 6.45) is 2.00. The predicted molar refractivity (Wildman–Crippen MR) is 105 cm³/mol. The van der Waals surface area contributed by atoms with E-state index in [1.165, 1.54) is 36.0 Å². The predicted octanol–water partition coefficient (Wildman–Crippen LogP) is 4.35. The number of ether oxygens (including phenoxy) is 1. The molecule has 0 heterocycles. The summed E-state index contributed by atoms with van der Waals surface area (Å²) in [5, 5.41) is 2.19. The molecule has 0 aromatic heterocycles. The van der Waals surface area contributed by atoms with Crippen molar-refractivity contribution < 1.29 is 18.7 Å². The van der Waals surface area contributed by atoms with Gasteiger partial charge in [0.15, 0.2) is 0 Å². The van der Waals surface area contributed by atoms with Crippen LogP contribution in [0.3, 0.4) is 0 Å². The van der Waals surface area contributed by atoms with Crippen molar-refractivity contribution in [1.29, 1.82) is 0 Å². The Morgan fingerprint density at radius 1 is 1.12 bits per heavy atom. The maximum Gasteiger partial charge on any atom is 0.319 e. The largest absolute Gasteiger partial charge is 0.460 e. The zero-order valence-electron chi connectivity index (χ0n) is 14.5. The molecule has 26 heavy (non-hydrogen) atoms. The van der Waals surface area contributed by atoms with E-state index < -0.39 is 5.25 Å². The maximum absolute atomic E-state index is 12.8. The van der Waals surface area contributed by atoms with E-state index in [1.54, 1.807) is 18.7 Å². The summed E-state index contributed by atoms with van der Waals surface area (Å²) in [6.45, 7) is 1.91. The first-order chi connectivity index (χ1) is 12.5. The fourth-order valence-electron chi connectivity index (χ4n) is 1.99. The third-order valence-corrected chi connectivity index (χ3v) is 5.33. The molecule has 1 unspecified atom stereocenters. The summed E-state index contributed by atoms with van der Waals surface area (Å²) >= 11 is 2.84. The van der Waals surface area contributed by atoms with Crippen LogP contribution in [0, 0.1) is 5.82 Å². The summed E-state index contributed by atoms with van der Waals surface area (Å²) in [7, 11) is 0. The molecule has 2 rings (SSSR count). The molecule has 0 fully saturated rings. The molecule has 138 valence electrons. The highest BCUT2D eigenvalue weighted by atomic mass is 32.2. The molecule has 1 atom stereocenters. The van der Waals surface area contributed by atoms with Gasteiger partial charge >= 0.3 is 5.97 Å². The number of halogens is 1. The number of benzene rings is 2. The Morgan fingerprint density at radius 2 is 1.77 bits per heavy atom. The lowest BCUT2D eigenvalue weighted by atomic mass is 10.2. The van der Waals surface area contributed by atoms with Crippen LogP contribution in [0.1, 0.15) is 12.5 Å². The van der Waals surface area contributed by atoms with Crippen LogP contribution < -0.4 is 5.32 Å². The number of carbonyl (C=O) groups excluding carboxylic acids is 2. The van der Waals surface area contributed by atoms with E-state index in [9.17, 15) is 14.0 Å². The van der Waals surface area contributed by atoms with E-state index in [4.69, 9.17) is 4.74 Å². The van der Waals surface area contributed by atoms with Crippen molar-refractivity contribution in [1.82, 2.24) is 0 Å². The van der Waals surface area contributed by atoms with E-state index in [1.807, 2.05) is 30.5 Å². The number of nitrogens with one attached hydrogen (secondary N) is 1. The van der Waals surface area contributed by atoms with Gasteiger partial charge in [0.1, 0.15) is 17.7 Å². The normalized spacial score (nSPS) is 11.7. The summed E-state index contributed by atoms with van der Waals surface area (Å²) in [6, 6.07) is 13.3. The number of thioether (sulfide) groups is 2. The number of esters is 1. The first kappa shape index (κ1) is 20.3. The Labute approximate surface area is 160 Å². The van der Waals surface area contributed by atoms with Crippen molar-refractivity contribution >= 4 is 41.1 Å². The van der Waals surface area contributed by atoms with Crippen molar-refractivity contribution in [2.24, 2.45) is 0 Å². The van der Waals surface area contributed by atoms with Gasteiger partial charge < -0.3 is 10.1 Å². The molecule has 0 spiro atoms. The lowest BCUT2D eigenvalue weighted by Gasteiger charge is -2.12. The standard InChI is InChI=1S/C19H20FNO3S2/c1-13(19(23)24-11-14-3-9-17(25-2)10-4-14)26-12-18(22)21-16-7-5-15(20)6-8-16/h3-10,13H,11-12H2,1-2H3,(H,21,22). The molecule has 0 aliphatic carbocycles. The van der Waals surface area contributed by atoms with Gasteiger partial charge in [0.2, 0.25) is 5.91 Å². The number of carbonyl (C=O) groups is 2. The average Bonchev–Trinajstić information content (AvgIpc) is 2.66. The zero-order chi connectivity index (χ0) is 18.9. The highest BCUT2D eigenvalue weighted by molar-refractivity contribution is 8.01. The highest BCUT2D eigenvalue weighted by Gasteiger charge is 2.17. The highest BCUT2D eigenvalue weighted by Crippen LogP contribution is 2.17. The van der Waals surface area contributed by atoms with E-state index in [-0.39, 0.29) is 30.1 Å². The molecule has 0 aliphatic rings. The second-order valence-electron chi connectivity index (χ2n) is 5.46. The topological polar surface area (TPSA) is 55.4 Å². The lowest BCUT2D eigenvalue weighted by molar-refractivity contribution is -0.143. The Bertz CT molecular complexity index is 735. The molecule has 0 aliphatic heterocycles. The number of anilines is 1. The van der Waals surface area contributed by atoms with Crippen molar-refractivity contribution in [3.05, 3.63) is 59.9 Å². The van der Waals surface area contributed by atoms with Gasteiger partial charge in [-0.1, -0.05) is 12.1 Å². The quantitative estimate of drug-likeness (QED) is 0.534. The molecule has 0 bridgehead atoms. The van der Waals surface area contributed by atoms with Gasteiger partial charge in [0.05, 0.1) is 5.75 Å². The zero-order valence-corrected chi connectivity index (χ0v) is 16.2. The minimum atomic E-state index is -0.459. The Kier molecular flexibility index (Phi) is 8.00. The fraction of sp³-hybridized carbons (Fsp3) is 0.263. The summed E-state index contributed by atoms with van der Waals surface area (Å²) in [4.78, 5) is 25.1. The molecule has 1 amide bonds. The van der Waals surface area contributed by atoms with Crippen molar-refractivity contribution in [2.75, 3.05) is 17.3 Å². The van der Waals surface area contributed by atoms with Crippen molar-refractivity contribution in [2.45, 2.75) is 23.7 Å². The fourth-order valence-corrected chi connectivity index (χ4v) is 3.08. The van der Waals surface area contributed by atoms with E-state index in [0.29, 0.717) is 5.69 Å². The second kappa shape index (κ2) is 10.2. The monoisotopic (exact) mass is 393 g/mol. The van der Waals surface area contributed by atoms with Crippen LogP contribution in [-0.4, -0.2) is 29.1 Å². The van der Waals surface area contributed by atoms with E-state index in [2.05, 4.69) is 5.32 Å². The number of rotatable bonds is 8. The Balaban J connectivity index is 1.72. The van der Waals surface area contributed by atoms with Crippen LogP contribution in [0.25, 0.3) is 0 Å². The number of hydrogen-bond acceptors (Lipinski definition) is 5. The second-order valence-corrected chi connectivity index (χ2v) is 7.67. The van der Waals surface area contributed by atoms with Crippen LogP contribution in [0.5, 0.6) is 0 Å². The molecule has 7 heteroatoms.